The Labute approximate surface area is 146 Å². The van der Waals surface area contributed by atoms with Gasteiger partial charge in [-0.25, -0.2) is 9.78 Å². The van der Waals surface area contributed by atoms with Crippen molar-refractivity contribution in [2.24, 2.45) is 14.1 Å². The van der Waals surface area contributed by atoms with Crippen molar-refractivity contribution in [3.63, 3.8) is 0 Å². The van der Waals surface area contributed by atoms with E-state index in [1.54, 1.807) is 14.2 Å². The first-order chi connectivity index (χ1) is 12.0. The maximum atomic E-state index is 12.7. The van der Waals surface area contributed by atoms with Gasteiger partial charge in [0.25, 0.3) is 5.56 Å². The molecule has 1 aliphatic rings. The Kier molecular flexibility index (Phi) is 5.10. The molecular weight excluding hydrogens is 322 g/mol. The van der Waals surface area contributed by atoms with Gasteiger partial charge in [-0.2, -0.15) is 0 Å². The highest BCUT2D eigenvalue weighted by molar-refractivity contribution is 5.71. The molecule has 1 fully saturated rings. The molecule has 8 nitrogen and oxygen atoms in total. The summed E-state index contributed by atoms with van der Waals surface area (Å²) in [5.74, 6) is 0.819. The van der Waals surface area contributed by atoms with Gasteiger partial charge in [0.1, 0.15) is 5.82 Å². The van der Waals surface area contributed by atoms with Crippen LogP contribution in [0.2, 0.25) is 0 Å². The van der Waals surface area contributed by atoms with Crippen molar-refractivity contribution in [1.82, 2.24) is 23.6 Å². The second-order valence-corrected chi connectivity index (χ2v) is 6.87. The fourth-order valence-electron chi connectivity index (χ4n) is 3.61. The second kappa shape index (κ2) is 7.13. The number of piperidine rings is 1. The number of hydrogen-bond donors (Lipinski definition) is 0. The largest absolute Gasteiger partial charge is 0.383 e. The summed E-state index contributed by atoms with van der Waals surface area (Å²) in [4.78, 5) is 32.0. The van der Waals surface area contributed by atoms with Gasteiger partial charge in [0, 0.05) is 33.8 Å². The highest BCUT2D eigenvalue weighted by atomic mass is 16.5. The van der Waals surface area contributed by atoms with E-state index in [-0.39, 0.29) is 11.2 Å². The molecule has 2 aromatic rings. The van der Waals surface area contributed by atoms with Crippen molar-refractivity contribution in [3.8, 4) is 0 Å². The van der Waals surface area contributed by atoms with E-state index in [2.05, 4.69) is 16.8 Å². The summed E-state index contributed by atoms with van der Waals surface area (Å²) < 4.78 is 9.72. The van der Waals surface area contributed by atoms with Crippen LogP contribution in [0.3, 0.4) is 0 Å². The Bertz CT molecular complexity index is 879. The summed E-state index contributed by atoms with van der Waals surface area (Å²) in [6, 6.07) is 0.496. The fraction of sp³-hybridized carbons (Fsp3) is 0.706. The molecule has 0 radical (unpaired) electrons. The van der Waals surface area contributed by atoms with Gasteiger partial charge in [0.15, 0.2) is 11.2 Å². The molecule has 0 aromatic carbocycles. The Morgan fingerprint density at radius 1 is 1.20 bits per heavy atom. The third-order valence-corrected chi connectivity index (χ3v) is 5.23. The quantitative estimate of drug-likeness (QED) is 0.784. The van der Waals surface area contributed by atoms with E-state index >= 15 is 0 Å². The van der Waals surface area contributed by atoms with E-state index in [4.69, 9.17) is 4.74 Å². The minimum Gasteiger partial charge on any atom is -0.383 e. The summed E-state index contributed by atoms with van der Waals surface area (Å²) in [7, 11) is 4.80. The van der Waals surface area contributed by atoms with E-state index < -0.39 is 0 Å². The van der Waals surface area contributed by atoms with Gasteiger partial charge in [-0.15, -0.1) is 0 Å². The van der Waals surface area contributed by atoms with Gasteiger partial charge in [-0.05, 0) is 26.3 Å². The van der Waals surface area contributed by atoms with Crippen LogP contribution in [0.1, 0.15) is 32.0 Å². The number of likely N-dealkylation sites (tertiary alicyclic amines) is 1. The minimum absolute atomic E-state index is 0.306. The molecule has 3 rings (SSSR count). The first-order valence-corrected chi connectivity index (χ1v) is 8.83. The van der Waals surface area contributed by atoms with Gasteiger partial charge in [0.05, 0.1) is 13.2 Å². The monoisotopic (exact) mass is 349 g/mol. The predicted octanol–water partition coefficient (Wildman–Crippen LogP) is 0.455. The van der Waals surface area contributed by atoms with E-state index in [1.807, 2.05) is 4.57 Å². The van der Waals surface area contributed by atoms with Crippen LogP contribution in [0.25, 0.3) is 11.2 Å². The third-order valence-electron chi connectivity index (χ3n) is 5.23. The fourth-order valence-corrected chi connectivity index (χ4v) is 3.61. The molecule has 0 saturated carbocycles. The first kappa shape index (κ1) is 17.9. The summed E-state index contributed by atoms with van der Waals surface area (Å²) in [5, 5.41) is 0. The van der Waals surface area contributed by atoms with Crippen molar-refractivity contribution >= 4 is 11.2 Å². The molecule has 138 valence electrons. The Balaban J connectivity index is 2.13. The molecule has 0 amide bonds. The van der Waals surface area contributed by atoms with Gasteiger partial charge in [-0.3, -0.25) is 18.8 Å². The standard InChI is InChI=1S/C17H27N5O3/c1-12-7-5-6-8-21(12)11-13-18-15-14(22(13)9-10-25-4)16(23)20(3)17(24)19(15)2/h12H,5-11H2,1-4H3. The zero-order chi connectivity index (χ0) is 18.1. The summed E-state index contributed by atoms with van der Waals surface area (Å²) in [5.41, 5.74) is 0.261. The number of methoxy groups -OCH3 is 1. The van der Waals surface area contributed by atoms with Crippen LogP contribution < -0.4 is 11.2 Å². The van der Waals surface area contributed by atoms with Crippen molar-refractivity contribution in [3.05, 3.63) is 26.7 Å². The topological polar surface area (TPSA) is 74.3 Å². The molecule has 1 unspecified atom stereocenters. The number of rotatable bonds is 5. The van der Waals surface area contributed by atoms with E-state index in [9.17, 15) is 9.59 Å². The lowest BCUT2D eigenvalue weighted by molar-refractivity contribution is 0.144. The summed E-state index contributed by atoms with van der Waals surface area (Å²) >= 11 is 0. The maximum Gasteiger partial charge on any atom is 0.332 e. The van der Waals surface area contributed by atoms with Gasteiger partial charge < -0.3 is 9.30 Å². The number of fused-ring (bicyclic) bond motifs is 1. The second-order valence-electron chi connectivity index (χ2n) is 6.87. The third kappa shape index (κ3) is 3.16. The predicted molar refractivity (Wildman–Crippen MR) is 95.8 cm³/mol. The molecule has 25 heavy (non-hydrogen) atoms. The number of ether oxygens (including phenoxy) is 1. The molecule has 1 atom stereocenters. The van der Waals surface area contributed by atoms with Crippen molar-refractivity contribution in [2.45, 2.75) is 45.3 Å². The van der Waals surface area contributed by atoms with Crippen LogP contribution >= 0.6 is 0 Å². The molecule has 1 aliphatic heterocycles. The lowest BCUT2D eigenvalue weighted by Gasteiger charge is -2.33. The van der Waals surface area contributed by atoms with E-state index in [0.717, 1.165) is 16.9 Å². The Hall–Kier alpha value is -1.93. The smallest absolute Gasteiger partial charge is 0.332 e. The molecule has 0 aliphatic carbocycles. The molecule has 8 heteroatoms. The summed E-state index contributed by atoms with van der Waals surface area (Å²) in [6.07, 6.45) is 3.62. The van der Waals surface area contributed by atoms with Crippen LogP contribution in [0.15, 0.2) is 9.59 Å². The molecule has 2 aromatic heterocycles. The normalized spacial score (nSPS) is 19.0. The van der Waals surface area contributed by atoms with Crippen LogP contribution in [-0.4, -0.2) is 49.9 Å². The zero-order valence-corrected chi connectivity index (χ0v) is 15.5. The average Bonchev–Trinajstić information content (AvgIpc) is 2.96. The van der Waals surface area contributed by atoms with Crippen LogP contribution in [0.5, 0.6) is 0 Å². The lowest BCUT2D eigenvalue weighted by Crippen LogP contribution is -2.38. The van der Waals surface area contributed by atoms with E-state index in [0.29, 0.717) is 36.9 Å². The number of aromatic nitrogens is 4. The first-order valence-electron chi connectivity index (χ1n) is 8.83. The van der Waals surface area contributed by atoms with Gasteiger partial charge >= 0.3 is 5.69 Å². The molecule has 0 N–H and O–H groups in total. The van der Waals surface area contributed by atoms with Crippen LogP contribution in [0, 0.1) is 0 Å². The average molecular weight is 349 g/mol. The Morgan fingerprint density at radius 2 is 1.96 bits per heavy atom. The molecule has 3 heterocycles. The highest BCUT2D eigenvalue weighted by Gasteiger charge is 2.23. The summed E-state index contributed by atoms with van der Waals surface area (Å²) in [6.45, 7) is 4.97. The van der Waals surface area contributed by atoms with Crippen molar-refractivity contribution < 1.29 is 4.74 Å². The number of imidazole rings is 1. The van der Waals surface area contributed by atoms with Gasteiger partial charge in [0.2, 0.25) is 0 Å². The highest BCUT2D eigenvalue weighted by Crippen LogP contribution is 2.20. The van der Waals surface area contributed by atoms with Crippen LogP contribution in [0.4, 0.5) is 0 Å². The van der Waals surface area contributed by atoms with Crippen molar-refractivity contribution in [1.29, 1.82) is 0 Å². The minimum atomic E-state index is -0.355. The van der Waals surface area contributed by atoms with Crippen molar-refractivity contribution in [2.75, 3.05) is 20.3 Å². The number of nitrogens with zero attached hydrogens (tertiary/aromatic N) is 5. The SMILES string of the molecule is COCCn1c(CN2CCCCC2C)nc2c1c(=O)n(C)c(=O)n2C. The Morgan fingerprint density at radius 3 is 2.64 bits per heavy atom. The van der Waals surface area contributed by atoms with Gasteiger partial charge in [-0.1, -0.05) is 6.42 Å². The molecule has 1 saturated heterocycles. The molecule has 0 bridgehead atoms. The molecular formula is C17H27N5O3. The van der Waals surface area contributed by atoms with Crippen LogP contribution in [-0.2, 0) is 31.9 Å². The zero-order valence-electron chi connectivity index (χ0n) is 15.5. The van der Waals surface area contributed by atoms with E-state index in [1.165, 1.54) is 30.9 Å². The maximum absolute atomic E-state index is 12.7. The molecule has 0 spiro atoms. The number of hydrogen-bond acceptors (Lipinski definition) is 5. The lowest BCUT2D eigenvalue weighted by atomic mass is 10.0. The number of aryl methyl sites for hydroxylation is 1.